The lowest BCUT2D eigenvalue weighted by atomic mass is 10.1. The Kier molecular flexibility index (Phi) is 5.16. The number of nitrogens with one attached hydrogen (secondary N) is 1. The van der Waals surface area contributed by atoms with E-state index in [9.17, 15) is 14.4 Å². The molecule has 0 radical (unpaired) electrons. The first-order valence-electron chi connectivity index (χ1n) is 9.04. The molecule has 0 aliphatic heterocycles. The summed E-state index contributed by atoms with van der Waals surface area (Å²) in [5.74, 6) is -1.24. The number of benzene rings is 2. The lowest BCUT2D eigenvalue weighted by molar-refractivity contribution is 0.0602. The minimum Gasteiger partial charge on any atom is -0.465 e. The number of nitrogens with zero attached hydrogens (tertiary/aromatic N) is 2. The molecule has 0 spiro atoms. The molecule has 4 rings (SSSR count). The zero-order chi connectivity index (χ0) is 21.3. The first-order valence-corrected chi connectivity index (χ1v) is 9.92. The number of aryl methyl sites for hydroxylation is 1. The molecule has 7 nitrogen and oxygen atoms in total. The van der Waals surface area contributed by atoms with Crippen LogP contribution in [0.25, 0.3) is 16.2 Å². The fourth-order valence-corrected chi connectivity index (χ4v) is 3.90. The lowest BCUT2D eigenvalue weighted by Gasteiger charge is -2.09. The fraction of sp³-hybridized carbons (Fsp3) is 0.0909. The molecule has 0 aliphatic carbocycles. The fourth-order valence-electron chi connectivity index (χ4n) is 3.04. The maximum atomic E-state index is 13.1. The quantitative estimate of drug-likeness (QED) is 0.509. The number of hydrogen-bond acceptors (Lipinski definition) is 6. The number of fused-ring (bicyclic) bond motifs is 1. The first-order chi connectivity index (χ1) is 14.5. The summed E-state index contributed by atoms with van der Waals surface area (Å²) in [5, 5.41) is 4.45. The second-order valence-corrected chi connectivity index (χ2v) is 7.41. The van der Waals surface area contributed by atoms with Gasteiger partial charge in [-0.3, -0.25) is 14.0 Å². The molecule has 0 atom stereocenters. The summed E-state index contributed by atoms with van der Waals surface area (Å²) in [6.45, 7) is 1.98. The van der Waals surface area contributed by atoms with Gasteiger partial charge in [-0.2, -0.15) is 0 Å². The van der Waals surface area contributed by atoms with Gasteiger partial charge in [0.05, 0.1) is 24.1 Å². The van der Waals surface area contributed by atoms with Crippen LogP contribution in [0.4, 0.5) is 5.69 Å². The van der Waals surface area contributed by atoms with Crippen molar-refractivity contribution in [3.8, 4) is 11.3 Å². The average molecular weight is 419 g/mol. The Morgan fingerprint density at radius 2 is 1.80 bits per heavy atom. The average Bonchev–Trinajstić information content (AvgIpc) is 3.19. The van der Waals surface area contributed by atoms with Crippen molar-refractivity contribution in [2.75, 3.05) is 12.4 Å². The van der Waals surface area contributed by atoms with Gasteiger partial charge in [-0.15, -0.1) is 11.3 Å². The van der Waals surface area contributed by atoms with Crippen molar-refractivity contribution in [1.29, 1.82) is 0 Å². The maximum absolute atomic E-state index is 13.1. The zero-order valence-corrected chi connectivity index (χ0v) is 17.0. The highest BCUT2D eigenvalue weighted by Gasteiger charge is 2.19. The predicted octanol–water partition coefficient (Wildman–Crippen LogP) is 3.77. The van der Waals surface area contributed by atoms with Crippen molar-refractivity contribution in [2.45, 2.75) is 6.92 Å². The smallest absolute Gasteiger partial charge is 0.339 e. The number of carbonyl (C=O) groups excluding carboxylic acids is 2. The molecule has 2 aromatic heterocycles. The largest absolute Gasteiger partial charge is 0.465 e. The van der Waals surface area contributed by atoms with Crippen LogP contribution in [0.3, 0.4) is 0 Å². The number of esters is 1. The highest BCUT2D eigenvalue weighted by molar-refractivity contribution is 7.15. The molecule has 2 aromatic carbocycles. The topological polar surface area (TPSA) is 89.8 Å². The summed E-state index contributed by atoms with van der Waals surface area (Å²) in [6.07, 6.45) is 1.25. The molecular weight excluding hydrogens is 402 g/mol. The standard InChI is InChI=1S/C22H17N3O4S/c1-13-7-9-14(10-8-13)18-12-30-22-23-11-16(20(27)25(18)22)19(26)24-17-6-4-3-5-15(17)21(28)29-2/h3-12H,1-2H3,(H,24,26). The number of methoxy groups -OCH3 is 1. The molecular formula is C22H17N3O4S. The van der Waals surface area contributed by atoms with Gasteiger partial charge in [0, 0.05) is 11.6 Å². The Hall–Kier alpha value is -3.78. The molecule has 0 fully saturated rings. The molecule has 0 bridgehead atoms. The SMILES string of the molecule is COC(=O)c1ccccc1NC(=O)c1cnc2scc(-c3ccc(C)cc3)n2c1=O. The van der Waals surface area contributed by atoms with Crippen LogP contribution in [0.15, 0.2) is 64.9 Å². The minimum absolute atomic E-state index is 0.126. The minimum atomic E-state index is -0.653. The molecule has 0 saturated heterocycles. The van der Waals surface area contributed by atoms with Crippen LogP contribution < -0.4 is 10.9 Å². The van der Waals surface area contributed by atoms with Crippen LogP contribution in [0, 0.1) is 6.92 Å². The number of ether oxygens (including phenoxy) is 1. The van der Waals surface area contributed by atoms with Crippen LogP contribution >= 0.6 is 11.3 Å². The first kappa shape index (κ1) is 19.5. The van der Waals surface area contributed by atoms with Gasteiger partial charge in [0.1, 0.15) is 5.56 Å². The van der Waals surface area contributed by atoms with Crippen LogP contribution in [0.1, 0.15) is 26.3 Å². The number of rotatable bonds is 4. The van der Waals surface area contributed by atoms with Crippen molar-refractivity contribution >= 4 is 33.9 Å². The van der Waals surface area contributed by atoms with Gasteiger partial charge in [-0.25, -0.2) is 9.78 Å². The lowest BCUT2D eigenvalue weighted by Crippen LogP contribution is -2.27. The van der Waals surface area contributed by atoms with E-state index >= 15 is 0 Å². The van der Waals surface area contributed by atoms with Crippen molar-refractivity contribution in [3.63, 3.8) is 0 Å². The van der Waals surface area contributed by atoms with Crippen LogP contribution in [0.2, 0.25) is 0 Å². The molecule has 0 unspecified atom stereocenters. The molecule has 4 aromatic rings. The number of aromatic nitrogens is 2. The molecule has 150 valence electrons. The third-order valence-corrected chi connectivity index (χ3v) is 5.46. The second-order valence-electron chi connectivity index (χ2n) is 6.57. The molecule has 1 N–H and O–H groups in total. The molecule has 30 heavy (non-hydrogen) atoms. The normalized spacial score (nSPS) is 10.7. The van der Waals surface area contributed by atoms with E-state index in [-0.39, 0.29) is 16.8 Å². The number of amides is 1. The summed E-state index contributed by atoms with van der Waals surface area (Å²) < 4.78 is 6.17. The highest BCUT2D eigenvalue weighted by Crippen LogP contribution is 2.24. The van der Waals surface area contributed by atoms with Gasteiger partial charge in [0.2, 0.25) is 0 Å². The van der Waals surface area contributed by atoms with Gasteiger partial charge in [-0.1, -0.05) is 42.0 Å². The molecule has 0 aliphatic rings. The third kappa shape index (κ3) is 3.48. The van der Waals surface area contributed by atoms with Gasteiger partial charge in [0.25, 0.3) is 11.5 Å². The van der Waals surface area contributed by atoms with Crippen molar-refractivity contribution < 1.29 is 14.3 Å². The second kappa shape index (κ2) is 7.92. The Bertz CT molecular complexity index is 1320. The van der Waals surface area contributed by atoms with E-state index in [1.54, 1.807) is 18.2 Å². The number of carbonyl (C=O) groups is 2. The Morgan fingerprint density at radius 3 is 2.53 bits per heavy atom. The Labute approximate surface area is 175 Å². The molecule has 1 amide bonds. The van der Waals surface area contributed by atoms with E-state index in [0.717, 1.165) is 11.1 Å². The van der Waals surface area contributed by atoms with Gasteiger partial charge < -0.3 is 10.1 Å². The summed E-state index contributed by atoms with van der Waals surface area (Å²) in [4.78, 5) is 42.7. The third-order valence-electron chi connectivity index (χ3n) is 4.62. The van der Waals surface area contributed by atoms with Crippen LogP contribution in [0.5, 0.6) is 0 Å². The van der Waals surface area contributed by atoms with E-state index in [4.69, 9.17) is 4.74 Å². The van der Waals surface area contributed by atoms with E-state index in [1.807, 2.05) is 36.6 Å². The number of para-hydroxylation sites is 1. The monoisotopic (exact) mass is 419 g/mol. The number of thiazole rings is 1. The van der Waals surface area contributed by atoms with E-state index in [0.29, 0.717) is 10.7 Å². The summed E-state index contributed by atoms with van der Waals surface area (Å²) in [6, 6.07) is 14.2. The van der Waals surface area contributed by atoms with E-state index < -0.39 is 17.4 Å². The summed E-state index contributed by atoms with van der Waals surface area (Å²) in [7, 11) is 1.26. The van der Waals surface area contributed by atoms with E-state index in [2.05, 4.69) is 10.3 Å². The zero-order valence-electron chi connectivity index (χ0n) is 16.2. The summed E-state index contributed by atoms with van der Waals surface area (Å²) >= 11 is 1.32. The van der Waals surface area contributed by atoms with Crippen LogP contribution in [-0.2, 0) is 4.74 Å². The van der Waals surface area contributed by atoms with Crippen molar-refractivity contribution in [2.24, 2.45) is 0 Å². The van der Waals surface area contributed by atoms with Crippen LogP contribution in [-0.4, -0.2) is 28.4 Å². The molecule has 8 heteroatoms. The van der Waals surface area contributed by atoms with Gasteiger partial charge in [-0.05, 0) is 24.6 Å². The summed E-state index contributed by atoms with van der Waals surface area (Å²) in [5.41, 5.74) is 2.46. The Balaban J connectivity index is 1.75. The van der Waals surface area contributed by atoms with E-state index in [1.165, 1.54) is 35.1 Å². The van der Waals surface area contributed by atoms with Crippen molar-refractivity contribution in [3.05, 3.63) is 87.2 Å². The molecule has 2 heterocycles. The van der Waals surface area contributed by atoms with Gasteiger partial charge >= 0.3 is 5.97 Å². The number of anilines is 1. The number of hydrogen-bond donors (Lipinski definition) is 1. The Morgan fingerprint density at radius 1 is 1.07 bits per heavy atom. The molecule has 0 saturated carbocycles. The highest BCUT2D eigenvalue weighted by atomic mass is 32.1. The predicted molar refractivity (Wildman–Crippen MR) is 115 cm³/mol. The van der Waals surface area contributed by atoms with Gasteiger partial charge in [0.15, 0.2) is 4.96 Å². The van der Waals surface area contributed by atoms with Crippen molar-refractivity contribution in [1.82, 2.24) is 9.38 Å². The maximum Gasteiger partial charge on any atom is 0.339 e.